The van der Waals surface area contributed by atoms with Gasteiger partial charge in [-0.2, -0.15) is 0 Å². The molecule has 2 amide bonds. The van der Waals surface area contributed by atoms with Gasteiger partial charge in [-0.05, 0) is 12.0 Å². The smallest absolute Gasteiger partial charge is 0.790 e. The van der Waals surface area contributed by atoms with Crippen LogP contribution in [-0.2, 0) is 9.09 Å². The summed E-state index contributed by atoms with van der Waals surface area (Å²) in [7, 11) is -5.09. The van der Waals surface area contributed by atoms with Crippen molar-refractivity contribution >= 4 is 13.9 Å². The first-order valence-corrected chi connectivity index (χ1v) is 9.14. The van der Waals surface area contributed by atoms with Gasteiger partial charge in [0.2, 0.25) is 0 Å². The topological polar surface area (TPSA) is 114 Å². The Morgan fingerprint density at radius 3 is 2.36 bits per heavy atom. The van der Waals surface area contributed by atoms with Gasteiger partial charge in [-0.15, -0.1) is 0 Å². The molecule has 0 bridgehead atoms. The number of amides is 2. The van der Waals surface area contributed by atoms with Crippen LogP contribution in [-0.4, -0.2) is 19.2 Å². The molecular formula is C15H23N2Na2O5P. The summed E-state index contributed by atoms with van der Waals surface area (Å²) in [5.74, 6) is 0. The second-order valence-electron chi connectivity index (χ2n) is 5.17. The molecule has 0 aliphatic heterocycles. The van der Waals surface area contributed by atoms with Gasteiger partial charge in [-0.3, -0.25) is 0 Å². The molecule has 1 aromatic carbocycles. The van der Waals surface area contributed by atoms with Crippen molar-refractivity contribution in [2.45, 2.75) is 38.6 Å². The number of nitrogens with one attached hydrogen (secondary N) is 2. The third-order valence-corrected chi connectivity index (χ3v) is 3.69. The Morgan fingerprint density at radius 2 is 1.80 bits per heavy atom. The van der Waals surface area contributed by atoms with Gasteiger partial charge in [-0.25, -0.2) is 4.79 Å². The summed E-state index contributed by atoms with van der Waals surface area (Å²) in [4.78, 5) is 33.2. The summed E-state index contributed by atoms with van der Waals surface area (Å²) in [6, 6.07) is 7.59. The number of unbranched alkanes of at least 4 members (excludes halogenated alkanes) is 3. The van der Waals surface area contributed by atoms with E-state index in [4.69, 9.17) is 0 Å². The van der Waals surface area contributed by atoms with E-state index in [1.807, 2.05) is 0 Å². The summed E-state index contributed by atoms with van der Waals surface area (Å²) < 4.78 is 15.0. The van der Waals surface area contributed by atoms with E-state index in [1.165, 1.54) is 0 Å². The first kappa shape index (κ1) is 27.8. The summed E-state index contributed by atoms with van der Waals surface area (Å²) in [6.45, 7) is 2.21. The minimum Gasteiger partial charge on any atom is -0.790 e. The normalized spacial score (nSPS) is 11.6. The molecule has 0 saturated heterocycles. The summed E-state index contributed by atoms with van der Waals surface area (Å²) in [6.07, 6.45) is 4.15. The van der Waals surface area contributed by atoms with Crippen LogP contribution in [0.5, 0.6) is 0 Å². The molecule has 7 nitrogen and oxygen atoms in total. The van der Waals surface area contributed by atoms with Crippen LogP contribution in [0.3, 0.4) is 0 Å². The minimum atomic E-state index is -5.09. The number of rotatable bonds is 10. The average molecular weight is 388 g/mol. The minimum absolute atomic E-state index is 0. The van der Waals surface area contributed by atoms with Crippen LogP contribution in [0.1, 0.15) is 44.2 Å². The van der Waals surface area contributed by atoms with Crippen molar-refractivity contribution in [1.29, 1.82) is 0 Å². The molecule has 2 N–H and O–H groups in total. The Labute approximate surface area is 193 Å². The van der Waals surface area contributed by atoms with E-state index in [2.05, 4.69) is 22.1 Å². The van der Waals surface area contributed by atoms with E-state index in [1.54, 1.807) is 30.3 Å². The van der Waals surface area contributed by atoms with Gasteiger partial charge < -0.3 is 29.5 Å². The van der Waals surface area contributed by atoms with Gasteiger partial charge >= 0.3 is 65.1 Å². The molecule has 0 radical (unpaired) electrons. The number of hydrogen-bond acceptors (Lipinski definition) is 5. The third kappa shape index (κ3) is 14.3. The Morgan fingerprint density at radius 1 is 1.16 bits per heavy atom. The molecule has 130 valence electrons. The number of benzene rings is 1. The molecule has 0 aromatic heterocycles. The van der Waals surface area contributed by atoms with Crippen molar-refractivity contribution in [2.24, 2.45) is 0 Å². The first-order chi connectivity index (χ1) is 10.9. The summed E-state index contributed by atoms with van der Waals surface area (Å²) >= 11 is 0. The molecular weight excluding hydrogens is 365 g/mol. The molecule has 10 heteroatoms. The molecule has 1 atom stereocenters. The van der Waals surface area contributed by atoms with Gasteiger partial charge in [0.1, 0.15) is 0 Å². The number of phosphoric ester groups is 1. The molecule has 0 heterocycles. The van der Waals surface area contributed by atoms with Crippen LogP contribution in [0.4, 0.5) is 4.79 Å². The van der Waals surface area contributed by atoms with E-state index in [-0.39, 0.29) is 59.1 Å². The van der Waals surface area contributed by atoms with Crippen LogP contribution in [0.25, 0.3) is 0 Å². The maximum atomic E-state index is 11.9. The van der Waals surface area contributed by atoms with Crippen LogP contribution in [0.15, 0.2) is 30.3 Å². The molecule has 25 heavy (non-hydrogen) atoms. The maximum Gasteiger partial charge on any atom is 1.00 e. The second kappa shape index (κ2) is 15.6. The number of phosphoric acid groups is 1. The molecule has 0 aliphatic carbocycles. The van der Waals surface area contributed by atoms with Crippen LogP contribution in [0, 0.1) is 0 Å². The van der Waals surface area contributed by atoms with E-state index < -0.39 is 26.5 Å². The zero-order valence-electron chi connectivity index (χ0n) is 15.2. The van der Waals surface area contributed by atoms with E-state index >= 15 is 0 Å². The van der Waals surface area contributed by atoms with Crippen molar-refractivity contribution in [3.05, 3.63) is 35.9 Å². The van der Waals surface area contributed by atoms with Crippen LogP contribution < -0.4 is 79.5 Å². The van der Waals surface area contributed by atoms with Crippen molar-refractivity contribution in [1.82, 2.24) is 10.6 Å². The first-order valence-electron chi connectivity index (χ1n) is 7.68. The Kier molecular flexibility index (Phi) is 17.4. The maximum absolute atomic E-state index is 11.9. The molecule has 1 aromatic rings. The van der Waals surface area contributed by atoms with Crippen molar-refractivity contribution in [3.63, 3.8) is 0 Å². The molecule has 0 spiro atoms. The summed E-state index contributed by atoms with van der Waals surface area (Å²) in [5.41, 5.74) is 0.655. The fraction of sp³-hybridized carbons (Fsp3) is 0.533. The number of carbonyl (C=O) groups excluding carboxylic acids is 1. The van der Waals surface area contributed by atoms with Gasteiger partial charge in [0.25, 0.3) is 0 Å². The standard InChI is InChI=1S/C15H25N2O5P.2Na/c1-2-3-4-8-11-16-15(18)17-14(12-22-23(19,20)21)13-9-6-5-7-10-13;;/h5-7,9-10,14H,2-4,8,11-12H2,1H3,(H2,16,17,18)(H2,19,20,21);;/q;2*+1/p-2/t14-;;/m0../s1. The van der Waals surface area contributed by atoms with Crippen molar-refractivity contribution < 1.29 is 82.8 Å². The fourth-order valence-electron chi connectivity index (χ4n) is 2.04. The second-order valence-corrected chi connectivity index (χ2v) is 6.32. The molecule has 1 rings (SSSR count). The Balaban J connectivity index is 0. The zero-order chi connectivity index (χ0) is 17.1. The monoisotopic (exact) mass is 388 g/mol. The van der Waals surface area contributed by atoms with Crippen molar-refractivity contribution in [2.75, 3.05) is 13.2 Å². The Hall–Kier alpha value is 0.600. The predicted molar refractivity (Wildman–Crippen MR) is 83.4 cm³/mol. The van der Waals surface area contributed by atoms with Gasteiger partial charge in [-0.1, -0.05) is 56.5 Å². The largest absolute Gasteiger partial charge is 1.00 e. The van der Waals surface area contributed by atoms with E-state index in [9.17, 15) is 19.1 Å². The van der Waals surface area contributed by atoms with E-state index in [0.717, 1.165) is 25.7 Å². The van der Waals surface area contributed by atoms with Crippen LogP contribution >= 0.6 is 7.82 Å². The number of carbonyl (C=O) groups is 1. The number of hydrogen-bond donors (Lipinski definition) is 2. The van der Waals surface area contributed by atoms with Crippen molar-refractivity contribution in [3.8, 4) is 0 Å². The quantitative estimate of drug-likeness (QED) is 0.238. The fourth-order valence-corrected chi connectivity index (χ4v) is 2.37. The average Bonchev–Trinajstić information content (AvgIpc) is 2.51. The van der Waals surface area contributed by atoms with Gasteiger partial charge in [0, 0.05) is 6.54 Å². The summed E-state index contributed by atoms with van der Waals surface area (Å²) in [5, 5.41) is 5.33. The third-order valence-electron chi connectivity index (χ3n) is 3.22. The van der Waals surface area contributed by atoms with Crippen LogP contribution in [0.2, 0.25) is 0 Å². The molecule has 0 unspecified atom stereocenters. The molecule has 0 saturated carbocycles. The van der Waals surface area contributed by atoms with Gasteiger partial charge in [0.05, 0.1) is 20.5 Å². The molecule has 0 aliphatic rings. The molecule has 0 fully saturated rings. The zero-order valence-corrected chi connectivity index (χ0v) is 20.1. The SMILES string of the molecule is CCCCCCNC(=O)N[C@@H](COP(=O)([O-])[O-])c1ccccc1.[Na+].[Na+]. The Bertz CT molecular complexity index is 516. The van der Waals surface area contributed by atoms with Gasteiger partial charge in [0.15, 0.2) is 0 Å². The van der Waals surface area contributed by atoms with E-state index in [0.29, 0.717) is 12.1 Å². The predicted octanol–water partition coefficient (Wildman–Crippen LogP) is -4.54. The number of urea groups is 1.